The largest absolute Gasteiger partial charge is 0.312 e. The molecule has 28 heavy (non-hydrogen) atoms. The van der Waals surface area contributed by atoms with Crippen molar-refractivity contribution in [2.24, 2.45) is 5.92 Å². The Balaban J connectivity index is 1.56. The number of hydrogen-bond donors (Lipinski definition) is 2. The highest BCUT2D eigenvalue weighted by Gasteiger charge is 2.35. The molecule has 0 unspecified atom stereocenters. The van der Waals surface area contributed by atoms with Crippen LogP contribution in [-0.4, -0.2) is 29.2 Å². The zero-order chi connectivity index (χ0) is 20.3. The number of nitrogens with one attached hydrogen (secondary N) is 2. The van der Waals surface area contributed by atoms with E-state index in [1.54, 1.807) is 0 Å². The standard InChI is InChI=1S/C18H15FN4O5/c19-13-3-7-14(8-4-13)22-10-12(9-16(22)24)18(26)21-20-17(25)11-1-5-15(6-2-11)23(27)28/h1-8,12H,9-10H2,(H,20,25)(H,21,26)/t12-/m0/s1. The smallest absolute Gasteiger partial charge is 0.269 e. The number of non-ortho nitro benzene ring substituents is 1. The van der Waals surface area contributed by atoms with E-state index >= 15 is 0 Å². The van der Waals surface area contributed by atoms with Crippen molar-refractivity contribution in [3.63, 3.8) is 0 Å². The lowest BCUT2D eigenvalue weighted by atomic mass is 10.1. The van der Waals surface area contributed by atoms with Crippen molar-refractivity contribution in [2.75, 3.05) is 11.4 Å². The molecule has 0 bridgehead atoms. The highest BCUT2D eigenvalue weighted by molar-refractivity contribution is 6.01. The first kappa shape index (κ1) is 19.0. The molecule has 2 aromatic carbocycles. The number of nitro benzene ring substituents is 1. The van der Waals surface area contributed by atoms with Crippen LogP contribution >= 0.6 is 0 Å². The summed E-state index contributed by atoms with van der Waals surface area (Å²) in [6, 6.07) is 10.2. The quantitative estimate of drug-likeness (QED) is 0.610. The molecular weight excluding hydrogens is 371 g/mol. The second kappa shape index (κ2) is 7.82. The van der Waals surface area contributed by atoms with E-state index in [1.807, 2.05) is 0 Å². The van der Waals surface area contributed by atoms with Crippen molar-refractivity contribution in [3.05, 3.63) is 70.0 Å². The Kier molecular flexibility index (Phi) is 5.30. The first-order chi connectivity index (χ1) is 13.3. The maximum Gasteiger partial charge on any atom is 0.269 e. The first-order valence-electron chi connectivity index (χ1n) is 8.26. The molecule has 1 aliphatic rings. The summed E-state index contributed by atoms with van der Waals surface area (Å²) in [6.45, 7) is 0.101. The van der Waals surface area contributed by atoms with Crippen LogP contribution in [0.3, 0.4) is 0 Å². The van der Waals surface area contributed by atoms with Gasteiger partial charge in [0.05, 0.1) is 10.8 Å². The lowest BCUT2D eigenvalue weighted by Crippen LogP contribution is -2.45. The van der Waals surface area contributed by atoms with Crippen molar-refractivity contribution in [2.45, 2.75) is 6.42 Å². The number of benzene rings is 2. The third-order valence-electron chi connectivity index (χ3n) is 4.27. The van der Waals surface area contributed by atoms with Gasteiger partial charge in [-0.05, 0) is 36.4 Å². The Morgan fingerprint density at radius 3 is 2.32 bits per heavy atom. The molecule has 1 aliphatic heterocycles. The van der Waals surface area contributed by atoms with Gasteiger partial charge in [-0.25, -0.2) is 4.39 Å². The van der Waals surface area contributed by atoms with Gasteiger partial charge < -0.3 is 4.90 Å². The fraction of sp³-hybridized carbons (Fsp3) is 0.167. The summed E-state index contributed by atoms with van der Waals surface area (Å²) in [4.78, 5) is 47.8. The van der Waals surface area contributed by atoms with Crippen LogP contribution in [-0.2, 0) is 9.59 Å². The van der Waals surface area contributed by atoms with Crippen LogP contribution in [0.25, 0.3) is 0 Å². The maximum absolute atomic E-state index is 13.0. The van der Waals surface area contributed by atoms with Crippen LogP contribution in [0.15, 0.2) is 48.5 Å². The Labute approximate surface area is 158 Å². The monoisotopic (exact) mass is 386 g/mol. The van der Waals surface area contributed by atoms with Crippen molar-refractivity contribution in [1.82, 2.24) is 10.9 Å². The van der Waals surface area contributed by atoms with E-state index < -0.39 is 28.5 Å². The number of hydrazine groups is 1. The molecule has 0 spiro atoms. The molecule has 1 atom stereocenters. The fourth-order valence-corrected chi connectivity index (χ4v) is 2.78. The van der Waals surface area contributed by atoms with E-state index in [2.05, 4.69) is 10.9 Å². The Bertz CT molecular complexity index is 930. The topological polar surface area (TPSA) is 122 Å². The molecule has 1 fully saturated rings. The summed E-state index contributed by atoms with van der Waals surface area (Å²) < 4.78 is 13.0. The van der Waals surface area contributed by atoms with E-state index in [-0.39, 0.29) is 30.1 Å². The number of amides is 3. The molecule has 0 saturated carbocycles. The van der Waals surface area contributed by atoms with Crippen molar-refractivity contribution >= 4 is 29.1 Å². The SMILES string of the molecule is O=C(NNC(=O)[C@H]1CC(=O)N(c2ccc(F)cc2)C1)c1ccc([N+](=O)[O-])cc1. The molecular formula is C18H15FN4O5. The average Bonchev–Trinajstić information content (AvgIpc) is 3.08. The Hall–Kier alpha value is -3.82. The summed E-state index contributed by atoms with van der Waals surface area (Å²) in [5, 5.41) is 10.6. The first-order valence-corrected chi connectivity index (χ1v) is 8.26. The number of rotatable bonds is 4. The molecule has 1 heterocycles. The number of hydrogen-bond acceptors (Lipinski definition) is 5. The van der Waals surface area contributed by atoms with E-state index in [9.17, 15) is 28.9 Å². The van der Waals surface area contributed by atoms with Gasteiger partial charge in [-0.15, -0.1) is 0 Å². The molecule has 1 saturated heterocycles. The summed E-state index contributed by atoms with van der Waals surface area (Å²) in [6.07, 6.45) is -0.0450. The third-order valence-corrected chi connectivity index (χ3v) is 4.27. The molecule has 9 nitrogen and oxygen atoms in total. The van der Waals surface area contributed by atoms with Crippen molar-refractivity contribution < 1.29 is 23.7 Å². The summed E-state index contributed by atoms with van der Waals surface area (Å²) in [5.41, 5.74) is 4.91. The molecule has 0 radical (unpaired) electrons. The molecule has 3 amide bonds. The van der Waals surface area contributed by atoms with Crippen LogP contribution in [0.4, 0.5) is 15.8 Å². The number of carbonyl (C=O) groups excluding carboxylic acids is 3. The zero-order valence-corrected chi connectivity index (χ0v) is 14.4. The normalized spacial score (nSPS) is 16.0. The van der Waals surface area contributed by atoms with Gasteiger partial charge in [0.15, 0.2) is 0 Å². The lowest BCUT2D eigenvalue weighted by Gasteiger charge is -2.16. The maximum atomic E-state index is 13.0. The second-order valence-corrected chi connectivity index (χ2v) is 6.13. The predicted molar refractivity (Wildman–Crippen MR) is 95.6 cm³/mol. The van der Waals surface area contributed by atoms with Gasteiger partial charge in [-0.3, -0.25) is 35.3 Å². The Morgan fingerprint density at radius 2 is 1.71 bits per heavy atom. The van der Waals surface area contributed by atoms with E-state index in [4.69, 9.17) is 0 Å². The van der Waals surface area contributed by atoms with Gasteiger partial charge in [-0.2, -0.15) is 0 Å². The summed E-state index contributed by atoms with van der Waals surface area (Å²) in [7, 11) is 0. The molecule has 0 aromatic heterocycles. The van der Waals surface area contributed by atoms with Gasteiger partial charge in [0.1, 0.15) is 5.82 Å². The lowest BCUT2D eigenvalue weighted by molar-refractivity contribution is -0.384. The van der Waals surface area contributed by atoms with Gasteiger partial charge in [0.2, 0.25) is 11.8 Å². The van der Waals surface area contributed by atoms with Crippen LogP contribution in [0, 0.1) is 21.8 Å². The van der Waals surface area contributed by atoms with Crippen molar-refractivity contribution in [1.29, 1.82) is 0 Å². The van der Waals surface area contributed by atoms with Crippen LogP contribution in [0.5, 0.6) is 0 Å². The van der Waals surface area contributed by atoms with Crippen molar-refractivity contribution in [3.8, 4) is 0 Å². The van der Waals surface area contributed by atoms with Gasteiger partial charge >= 0.3 is 0 Å². The molecule has 0 aliphatic carbocycles. The summed E-state index contributed by atoms with van der Waals surface area (Å²) in [5.74, 6) is -2.60. The van der Waals surface area contributed by atoms with Crippen LogP contribution in [0.2, 0.25) is 0 Å². The molecule has 2 N–H and O–H groups in total. The number of halogens is 1. The highest BCUT2D eigenvalue weighted by atomic mass is 19.1. The minimum absolute atomic E-state index is 0.0450. The molecule has 2 aromatic rings. The number of anilines is 1. The second-order valence-electron chi connectivity index (χ2n) is 6.13. The summed E-state index contributed by atoms with van der Waals surface area (Å²) >= 11 is 0. The highest BCUT2D eigenvalue weighted by Crippen LogP contribution is 2.25. The van der Waals surface area contributed by atoms with Crippen LogP contribution in [0.1, 0.15) is 16.8 Å². The minimum atomic E-state index is -0.685. The van der Waals surface area contributed by atoms with Crippen LogP contribution < -0.4 is 15.8 Å². The van der Waals surface area contributed by atoms with Gasteiger partial charge in [-0.1, -0.05) is 0 Å². The molecule has 3 rings (SSSR count). The zero-order valence-electron chi connectivity index (χ0n) is 14.4. The minimum Gasteiger partial charge on any atom is -0.312 e. The fourth-order valence-electron chi connectivity index (χ4n) is 2.78. The molecule has 10 heteroatoms. The number of carbonyl (C=O) groups is 3. The number of nitrogens with zero attached hydrogens (tertiary/aromatic N) is 2. The average molecular weight is 386 g/mol. The Morgan fingerprint density at radius 1 is 1.07 bits per heavy atom. The predicted octanol–water partition coefficient (Wildman–Crippen LogP) is 1.55. The third kappa shape index (κ3) is 4.11. The van der Waals surface area contributed by atoms with E-state index in [0.29, 0.717) is 5.69 Å². The van der Waals surface area contributed by atoms with Gasteiger partial charge in [0.25, 0.3) is 11.6 Å². The molecule has 144 valence electrons. The number of nitro groups is 1. The van der Waals surface area contributed by atoms with E-state index in [1.165, 1.54) is 53.4 Å². The van der Waals surface area contributed by atoms with Gasteiger partial charge in [0, 0.05) is 36.3 Å². The van der Waals surface area contributed by atoms with E-state index in [0.717, 1.165) is 0 Å².